The summed E-state index contributed by atoms with van der Waals surface area (Å²) < 4.78 is 6.11. The molecule has 0 aliphatic heterocycles. The van der Waals surface area contributed by atoms with Gasteiger partial charge in [0.1, 0.15) is 5.76 Å². The van der Waals surface area contributed by atoms with Gasteiger partial charge in [0.15, 0.2) is 0 Å². The highest BCUT2D eigenvalue weighted by Crippen LogP contribution is 2.14. The minimum Gasteiger partial charge on any atom is -0.467 e. The van der Waals surface area contributed by atoms with E-state index in [1.54, 1.807) is 30.3 Å². The van der Waals surface area contributed by atoms with Crippen LogP contribution in [0.2, 0.25) is 0 Å². The average molecular weight is 294 g/mol. The van der Waals surface area contributed by atoms with Crippen LogP contribution in [0, 0.1) is 0 Å². The molecule has 0 aliphatic carbocycles. The molecule has 0 radical (unpaired) electrons. The summed E-state index contributed by atoms with van der Waals surface area (Å²) in [5.41, 5.74) is 0.661. The molecule has 0 bridgehead atoms. The van der Waals surface area contributed by atoms with Crippen molar-refractivity contribution >= 4 is 21.8 Å². The highest BCUT2D eigenvalue weighted by molar-refractivity contribution is 9.10. The van der Waals surface area contributed by atoms with Gasteiger partial charge in [-0.2, -0.15) is 0 Å². The fraction of sp³-hybridized carbons (Fsp3) is 0.154. The maximum Gasteiger partial charge on any atom is 0.254 e. The van der Waals surface area contributed by atoms with Gasteiger partial charge < -0.3 is 9.32 Å². The van der Waals surface area contributed by atoms with Gasteiger partial charge in [-0.15, -0.1) is 0 Å². The highest BCUT2D eigenvalue weighted by atomic mass is 79.9. The second-order valence-corrected chi connectivity index (χ2v) is 4.67. The molecule has 4 heteroatoms. The van der Waals surface area contributed by atoms with Gasteiger partial charge in [0.25, 0.3) is 5.91 Å². The molecule has 17 heavy (non-hydrogen) atoms. The summed E-state index contributed by atoms with van der Waals surface area (Å²) >= 11 is 3.35. The van der Waals surface area contributed by atoms with Crippen LogP contribution in [0.4, 0.5) is 0 Å². The largest absolute Gasteiger partial charge is 0.467 e. The van der Waals surface area contributed by atoms with E-state index in [1.807, 2.05) is 24.3 Å². The van der Waals surface area contributed by atoms with E-state index in [4.69, 9.17) is 4.42 Å². The SMILES string of the molecule is CN(Cc1ccco1)C(=O)c1cccc(Br)c1. The topological polar surface area (TPSA) is 33.5 Å². The number of amides is 1. The molecule has 2 aromatic rings. The normalized spacial score (nSPS) is 10.2. The molecule has 1 amide bonds. The van der Waals surface area contributed by atoms with Crippen LogP contribution in [0.25, 0.3) is 0 Å². The maximum atomic E-state index is 12.1. The predicted octanol–water partition coefficient (Wildman–Crippen LogP) is 3.31. The summed E-state index contributed by atoms with van der Waals surface area (Å²) in [6.07, 6.45) is 1.60. The van der Waals surface area contributed by atoms with Crippen LogP contribution >= 0.6 is 15.9 Å². The van der Waals surface area contributed by atoms with E-state index in [1.165, 1.54) is 0 Å². The number of rotatable bonds is 3. The summed E-state index contributed by atoms with van der Waals surface area (Å²) in [4.78, 5) is 13.7. The average Bonchev–Trinajstić information content (AvgIpc) is 2.80. The molecule has 1 aromatic carbocycles. The smallest absolute Gasteiger partial charge is 0.254 e. The molecule has 0 spiro atoms. The molecule has 0 fully saturated rings. The number of furan rings is 1. The number of hydrogen-bond donors (Lipinski definition) is 0. The van der Waals surface area contributed by atoms with Crippen LogP contribution in [0.5, 0.6) is 0 Å². The second kappa shape index (κ2) is 5.19. The predicted molar refractivity (Wildman–Crippen MR) is 68.6 cm³/mol. The van der Waals surface area contributed by atoms with Crippen molar-refractivity contribution in [1.29, 1.82) is 0 Å². The first-order valence-electron chi connectivity index (χ1n) is 5.20. The number of carbonyl (C=O) groups excluding carboxylic acids is 1. The van der Waals surface area contributed by atoms with Gasteiger partial charge in [0, 0.05) is 17.1 Å². The Morgan fingerprint density at radius 3 is 2.82 bits per heavy atom. The second-order valence-electron chi connectivity index (χ2n) is 3.75. The summed E-state index contributed by atoms with van der Waals surface area (Å²) in [6, 6.07) is 11.0. The number of nitrogens with zero attached hydrogens (tertiary/aromatic N) is 1. The molecule has 1 aromatic heterocycles. The van der Waals surface area contributed by atoms with Crippen LogP contribution in [0.3, 0.4) is 0 Å². The minimum atomic E-state index is -0.0253. The maximum absolute atomic E-state index is 12.1. The Morgan fingerprint density at radius 1 is 1.35 bits per heavy atom. The molecule has 2 rings (SSSR count). The molecular formula is C13H12BrNO2. The number of benzene rings is 1. The van der Waals surface area contributed by atoms with Crippen molar-refractivity contribution in [2.75, 3.05) is 7.05 Å². The Balaban J connectivity index is 2.09. The van der Waals surface area contributed by atoms with Gasteiger partial charge in [-0.05, 0) is 30.3 Å². The van der Waals surface area contributed by atoms with E-state index in [-0.39, 0.29) is 5.91 Å². The van der Waals surface area contributed by atoms with Gasteiger partial charge in [-0.1, -0.05) is 22.0 Å². The zero-order chi connectivity index (χ0) is 12.3. The zero-order valence-electron chi connectivity index (χ0n) is 9.39. The number of hydrogen-bond acceptors (Lipinski definition) is 2. The first-order valence-corrected chi connectivity index (χ1v) is 5.99. The lowest BCUT2D eigenvalue weighted by atomic mass is 10.2. The summed E-state index contributed by atoms with van der Waals surface area (Å²) in [7, 11) is 1.76. The van der Waals surface area contributed by atoms with E-state index in [2.05, 4.69) is 15.9 Å². The summed E-state index contributed by atoms with van der Waals surface area (Å²) in [5.74, 6) is 0.749. The van der Waals surface area contributed by atoms with E-state index >= 15 is 0 Å². The Labute approximate surface area is 108 Å². The van der Waals surface area contributed by atoms with Crippen LogP contribution < -0.4 is 0 Å². The first kappa shape index (κ1) is 11.9. The molecule has 0 unspecified atom stereocenters. The third-order valence-corrected chi connectivity index (χ3v) is 2.88. The van der Waals surface area contributed by atoms with Crippen LogP contribution in [0.15, 0.2) is 51.6 Å². The van der Waals surface area contributed by atoms with Crippen molar-refractivity contribution in [3.8, 4) is 0 Å². The molecule has 0 N–H and O–H groups in total. The third kappa shape index (κ3) is 2.97. The van der Waals surface area contributed by atoms with Crippen LogP contribution in [-0.2, 0) is 6.54 Å². The van der Waals surface area contributed by atoms with E-state index < -0.39 is 0 Å². The Kier molecular flexibility index (Phi) is 3.64. The lowest BCUT2D eigenvalue weighted by Crippen LogP contribution is -2.25. The molecular weight excluding hydrogens is 282 g/mol. The monoisotopic (exact) mass is 293 g/mol. The van der Waals surface area contributed by atoms with Crippen LogP contribution in [-0.4, -0.2) is 17.9 Å². The molecule has 88 valence electrons. The number of carbonyl (C=O) groups is 1. The van der Waals surface area contributed by atoms with Crippen molar-refractivity contribution in [2.24, 2.45) is 0 Å². The van der Waals surface area contributed by atoms with Gasteiger partial charge in [-0.3, -0.25) is 4.79 Å². The summed E-state index contributed by atoms with van der Waals surface area (Å²) in [5, 5.41) is 0. The lowest BCUT2D eigenvalue weighted by molar-refractivity contribution is 0.0775. The van der Waals surface area contributed by atoms with Gasteiger partial charge in [0.2, 0.25) is 0 Å². The Morgan fingerprint density at radius 2 is 2.18 bits per heavy atom. The molecule has 0 atom stereocenters. The zero-order valence-corrected chi connectivity index (χ0v) is 11.0. The van der Waals surface area contributed by atoms with E-state index in [9.17, 15) is 4.79 Å². The van der Waals surface area contributed by atoms with Gasteiger partial charge in [0.05, 0.1) is 12.8 Å². The summed E-state index contributed by atoms with van der Waals surface area (Å²) in [6.45, 7) is 0.471. The minimum absolute atomic E-state index is 0.0253. The number of halogens is 1. The van der Waals surface area contributed by atoms with Gasteiger partial charge in [-0.25, -0.2) is 0 Å². The van der Waals surface area contributed by atoms with E-state index in [0.29, 0.717) is 12.1 Å². The fourth-order valence-electron chi connectivity index (χ4n) is 1.55. The Bertz CT molecular complexity index is 508. The highest BCUT2D eigenvalue weighted by Gasteiger charge is 2.12. The molecule has 3 nitrogen and oxygen atoms in total. The van der Waals surface area contributed by atoms with Crippen molar-refractivity contribution in [1.82, 2.24) is 4.90 Å². The van der Waals surface area contributed by atoms with Crippen molar-refractivity contribution in [3.05, 3.63) is 58.5 Å². The van der Waals surface area contributed by atoms with Crippen molar-refractivity contribution in [2.45, 2.75) is 6.54 Å². The fourth-order valence-corrected chi connectivity index (χ4v) is 1.95. The van der Waals surface area contributed by atoms with Gasteiger partial charge >= 0.3 is 0 Å². The molecule has 0 saturated carbocycles. The first-order chi connectivity index (χ1) is 8.16. The molecule has 1 heterocycles. The quantitative estimate of drug-likeness (QED) is 0.870. The molecule has 0 aliphatic rings. The van der Waals surface area contributed by atoms with Crippen LogP contribution in [0.1, 0.15) is 16.1 Å². The lowest BCUT2D eigenvalue weighted by Gasteiger charge is -2.15. The molecule has 0 saturated heterocycles. The van der Waals surface area contributed by atoms with Crippen molar-refractivity contribution in [3.63, 3.8) is 0 Å². The van der Waals surface area contributed by atoms with Crippen molar-refractivity contribution < 1.29 is 9.21 Å². The van der Waals surface area contributed by atoms with E-state index in [0.717, 1.165) is 10.2 Å². The third-order valence-electron chi connectivity index (χ3n) is 2.39. The Hall–Kier alpha value is -1.55. The standard InChI is InChI=1S/C13H12BrNO2/c1-15(9-12-6-3-7-17-12)13(16)10-4-2-5-11(14)8-10/h2-8H,9H2,1H3.